The van der Waals surface area contributed by atoms with Crippen molar-refractivity contribution in [2.75, 3.05) is 6.54 Å². The van der Waals surface area contributed by atoms with E-state index in [9.17, 15) is 0 Å². The van der Waals surface area contributed by atoms with Crippen LogP contribution in [-0.4, -0.2) is 22.1 Å². The monoisotopic (exact) mass is 259 g/mol. The molecule has 104 valence electrons. The van der Waals surface area contributed by atoms with E-state index in [0.717, 1.165) is 18.5 Å². The third-order valence-electron chi connectivity index (χ3n) is 3.63. The van der Waals surface area contributed by atoms with E-state index in [1.54, 1.807) is 0 Å². The minimum Gasteiger partial charge on any atom is -0.331 e. The van der Waals surface area contributed by atoms with Crippen molar-refractivity contribution in [1.82, 2.24) is 14.9 Å². The summed E-state index contributed by atoms with van der Waals surface area (Å²) >= 11 is 0. The number of nitrogens with zero attached hydrogens (tertiary/aromatic N) is 2. The van der Waals surface area contributed by atoms with E-state index >= 15 is 0 Å². The van der Waals surface area contributed by atoms with Gasteiger partial charge in [0.05, 0.1) is 11.0 Å². The van der Waals surface area contributed by atoms with Crippen LogP contribution in [0.3, 0.4) is 0 Å². The van der Waals surface area contributed by atoms with Gasteiger partial charge in [-0.2, -0.15) is 0 Å². The van der Waals surface area contributed by atoms with Crippen LogP contribution in [0.15, 0.2) is 24.3 Å². The maximum Gasteiger partial charge on any atom is 0.111 e. The molecule has 1 aromatic carbocycles. The average Bonchev–Trinajstić information content (AvgIpc) is 2.74. The molecule has 1 aromatic heterocycles. The molecule has 3 heteroatoms. The van der Waals surface area contributed by atoms with Crippen molar-refractivity contribution in [2.24, 2.45) is 7.05 Å². The van der Waals surface area contributed by atoms with Crippen LogP contribution in [0.2, 0.25) is 0 Å². The Hall–Kier alpha value is -1.35. The predicted molar refractivity (Wildman–Crippen MR) is 81.4 cm³/mol. The number of benzene rings is 1. The first-order valence-electron chi connectivity index (χ1n) is 7.40. The maximum atomic E-state index is 4.77. The SMILES string of the molecule is CCCNC(CCC)Cc1nc2ccccc2n1C. The number of fused-ring (bicyclic) bond motifs is 1. The summed E-state index contributed by atoms with van der Waals surface area (Å²) < 4.78 is 2.23. The third-order valence-corrected chi connectivity index (χ3v) is 3.63. The molecular weight excluding hydrogens is 234 g/mol. The van der Waals surface area contributed by atoms with Gasteiger partial charge in [0.15, 0.2) is 0 Å². The molecule has 1 unspecified atom stereocenters. The predicted octanol–water partition coefficient (Wildman–Crippen LogP) is 3.28. The van der Waals surface area contributed by atoms with Crippen molar-refractivity contribution in [1.29, 1.82) is 0 Å². The molecule has 3 nitrogen and oxygen atoms in total. The molecule has 2 aromatic rings. The maximum absolute atomic E-state index is 4.77. The zero-order valence-electron chi connectivity index (χ0n) is 12.3. The second kappa shape index (κ2) is 6.71. The molecule has 0 aliphatic carbocycles. The molecule has 2 rings (SSSR count). The number of hydrogen-bond donors (Lipinski definition) is 1. The van der Waals surface area contributed by atoms with E-state index < -0.39 is 0 Å². The van der Waals surface area contributed by atoms with Crippen molar-refractivity contribution >= 4 is 11.0 Å². The van der Waals surface area contributed by atoms with Crippen LogP contribution in [0.25, 0.3) is 11.0 Å². The lowest BCUT2D eigenvalue weighted by Gasteiger charge is -2.17. The Bertz CT molecular complexity index is 516. The van der Waals surface area contributed by atoms with Gasteiger partial charge in [-0.3, -0.25) is 0 Å². The summed E-state index contributed by atoms with van der Waals surface area (Å²) in [4.78, 5) is 4.77. The summed E-state index contributed by atoms with van der Waals surface area (Å²) in [7, 11) is 2.12. The second-order valence-corrected chi connectivity index (χ2v) is 5.22. The Morgan fingerprint density at radius 1 is 1.21 bits per heavy atom. The van der Waals surface area contributed by atoms with Gasteiger partial charge in [-0.05, 0) is 31.5 Å². The third kappa shape index (κ3) is 3.35. The molecule has 0 aliphatic rings. The first kappa shape index (κ1) is 14.1. The number of hydrogen-bond acceptors (Lipinski definition) is 2. The molecule has 0 aliphatic heterocycles. The van der Waals surface area contributed by atoms with Crippen LogP contribution in [-0.2, 0) is 13.5 Å². The number of para-hydroxylation sites is 2. The fraction of sp³-hybridized carbons (Fsp3) is 0.562. The van der Waals surface area contributed by atoms with Crippen molar-refractivity contribution in [3.05, 3.63) is 30.1 Å². The Morgan fingerprint density at radius 2 is 2.00 bits per heavy atom. The van der Waals surface area contributed by atoms with Crippen LogP contribution >= 0.6 is 0 Å². The van der Waals surface area contributed by atoms with Crippen molar-refractivity contribution in [3.63, 3.8) is 0 Å². The summed E-state index contributed by atoms with van der Waals surface area (Å²) in [5, 5.41) is 3.64. The average molecular weight is 259 g/mol. The highest BCUT2D eigenvalue weighted by molar-refractivity contribution is 5.75. The van der Waals surface area contributed by atoms with E-state index in [2.05, 4.69) is 55.0 Å². The minimum absolute atomic E-state index is 0.542. The van der Waals surface area contributed by atoms with E-state index in [1.165, 1.54) is 30.6 Å². The Labute approximate surface area is 116 Å². The molecule has 0 saturated heterocycles. The van der Waals surface area contributed by atoms with Gasteiger partial charge < -0.3 is 9.88 Å². The molecule has 1 heterocycles. The highest BCUT2D eigenvalue weighted by atomic mass is 15.1. The van der Waals surface area contributed by atoms with E-state index in [0.29, 0.717) is 6.04 Å². The largest absolute Gasteiger partial charge is 0.331 e. The quantitative estimate of drug-likeness (QED) is 0.827. The lowest BCUT2D eigenvalue weighted by molar-refractivity contribution is 0.461. The van der Waals surface area contributed by atoms with Gasteiger partial charge in [0, 0.05) is 19.5 Å². The zero-order chi connectivity index (χ0) is 13.7. The summed E-state index contributed by atoms with van der Waals surface area (Å²) in [5.74, 6) is 1.18. The summed E-state index contributed by atoms with van der Waals surface area (Å²) in [6.45, 7) is 5.55. The number of aryl methyl sites for hydroxylation is 1. The Kier molecular flexibility index (Phi) is 4.97. The van der Waals surface area contributed by atoms with Gasteiger partial charge in [0.2, 0.25) is 0 Å². The standard InChI is InChI=1S/C16H25N3/c1-4-8-13(17-11-5-2)12-16-18-14-9-6-7-10-15(14)19(16)3/h6-7,9-10,13,17H,4-5,8,11-12H2,1-3H3. The topological polar surface area (TPSA) is 29.9 Å². The fourth-order valence-corrected chi connectivity index (χ4v) is 2.57. The van der Waals surface area contributed by atoms with Crippen molar-refractivity contribution < 1.29 is 0 Å². The first-order chi connectivity index (χ1) is 9.26. The van der Waals surface area contributed by atoms with Crippen LogP contribution in [0.1, 0.15) is 38.9 Å². The van der Waals surface area contributed by atoms with Gasteiger partial charge in [-0.15, -0.1) is 0 Å². The fourth-order valence-electron chi connectivity index (χ4n) is 2.57. The van der Waals surface area contributed by atoms with Gasteiger partial charge >= 0.3 is 0 Å². The normalized spacial score (nSPS) is 13.0. The summed E-state index contributed by atoms with van der Waals surface area (Å²) in [5.41, 5.74) is 2.33. The van der Waals surface area contributed by atoms with Crippen molar-refractivity contribution in [3.8, 4) is 0 Å². The van der Waals surface area contributed by atoms with Crippen LogP contribution in [0.5, 0.6) is 0 Å². The van der Waals surface area contributed by atoms with Crippen LogP contribution in [0.4, 0.5) is 0 Å². The Morgan fingerprint density at radius 3 is 2.68 bits per heavy atom. The molecule has 1 N–H and O–H groups in total. The number of rotatable bonds is 7. The molecule has 0 saturated carbocycles. The lowest BCUT2D eigenvalue weighted by Crippen LogP contribution is -2.32. The lowest BCUT2D eigenvalue weighted by atomic mass is 10.1. The second-order valence-electron chi connectivity index (χ2n) is 5.22. The van der Waals surface area contributed by atoms with E-state index in [4.69, 9.17) is 4.98 Å². The van der Waals surface area contributed by atoms with E-state index in [-0.39, 0.29) is 0 Å². The Balaban J connectivity index is 2.16. The summed E-state index contributed by atoms with van der Waals surface area (Å²) in [6.07, 6.45) is 4.62. The van der Waals surface area contributed by atoms with Crippen LogP contribution in [0, 0.1) is 0 Å². The van der Waals surface area contributed by atoms with Gasteiger partial charge in [-0.25, -0.2) is 4.98 Å². The molecule has 0 fully saturated rings. The molecule has 0 radical (unpaired) electrons. The highest BCUT2D eigenvalue weighted by Crippen LogP contribution is 2.16. The number of imidazole rings is 1. The zero-order valence-corrected chi connectivity index (χ0v) is 12.3. The minimum atomic E-state index is 0.542. The summed E-state index contributed by atoms with van der Waals surface area (Å²) in [6, 6.07) is 8.90. The molecule has 0 amide bonds. The molecule has 19 heavy (non-hydrogen) atoms. The van der Waals surface area contributed by atoms with Crippen molar-refractivity contribution in [2.45, 2.75) is 45.6 Å². The highest BCUT2D eigenvalue weighted by Gasteiger charge is 2.13. The van der Waals surface area contributed by atoms with Gasteiger partial charge in [0.25, 0.3) is 0 Å². The van der Waals surface area contributed by atoms with Gasteiger partial charge in [-0.1, -0.05) is 32.4 Å². The molecule has 0 bridgehead atoms. The number of nitrogens with one attached hydrogen (secondary N) is 1. The molecule has 0 spiro atoms. The molecule has 1 atom stereocenters. The van der Waals surface area contributed by atoms with Gasteiger partial charge in [0.1, 0.15) is 5.82 Å². The molecular formula is C16H25N3. The van der Waals surface area contributed by atoms with Crippen LogP contribution < -0.4 is 5.32 Å². The smallest absolute Gasteiger partial charge is 0.111 e. The van der Waals surface area contributed by atoms with E-state index in [1.807, 2.05) is 0 Å². The number of aromatic nitrogens is 2. The first-order valence-corrected chi connectivity index (χ1v) is 7.40.